The molecular weight excluding hydrogens is 402 g/mol. The molecule has 144 valence electrons. The van der Waals surface area contributed by atoms with Crippen LogP contribution in [0.15, 0.2) is 40.0 Å². The summed E-state index contributed by atoms with van der Waals surface area (Å²) in [6.45, 7) is -1.98. The lowest BCUT2D eigenvalue weighted by Gasteiger charge is -2.18. The molecule has 0 bridgehead atoms. The number of nitrogens with one attached hydrogen (secondary N) is 1. The Kier molecular flexibility index (Phi) is 6.15. The van der Waals surface area contributed by atoms with Gasteiger partial charge in [-0.1, -0.05) is 6.07 Å². The molecule has 0 radical (unpaired) electrons. The van der Waals surface area contributed by atoms with Crippen molar-refractivity contribution in [2.75, 3.05) is 18.4 Å². The number of pyridine rings is 1. The first-order chi connectivity index (χ1) is 12.6. The third-order valence-electron chi connectivity index (χ3n) is 3.35. The van der Waals surface area contributed by atoms with Crippen LogP contribution in [-0.2, 0) is 19.6 Å². The van der Waals surface area contributed by atoms with Gasteiger partial charge in [-0.3, -0.25) is 14.6 Å². The van der Waals surface area contributed by atoms with E-state index in [1.54, 1.807) is 0 Å². The number of sulfonamides is 1. The van der Waals surface area contributed by atoms with Crippen LogP contribution in [0.2, 0.25) is 0 Å². The molecule has 0 unspecified atom stereocenters. The summed E-state index contributed by atoms with van der Waals surface area (Å²) >= 11 is 5.26. The van der Waals surface area contributed by atoms with Gasteiger partial charge in [0, 0.05) is 28.7 Å². The number of fused-ring (bicyclic) bond motifs is 1. The van der Waals surface area contributed by atoms with E-state index in [-0.39, 0.29) is 10.9 Å². The van der Waals surface area contributed by atoms with Crippen LogP contribution in [0, 0.1) is 0 Å². The maximum absolute atomic E-state index is 12.7. The molecule has 2 aromatic rings. The van der Waals surface area contributed by atoms with E-state index in [1.807, 2.05) is 0 Å². The number of nitrogens with zero attached hydrogens (tertiary/aromatic N) is 3. The molecule has 2 rings (SSSR count). The van der Waals surface area contributed by atoms with Crippen molar-refractivity contribution in [2.45, 2.75) is 4.90 Å². The molecule has 0 atom stereocenters. The largest absolute Gasteiger partial charge is 0.480 e. The number of halogens is 1. The van der Waals surface area contributed by atoms with E-state index >= 15 is 0 Å². The number of nitrogens with two attached hydrogens (primary N) is 1. The van der Waals surface area contributed by atoms with Crippen LogP contribution in [0.5, 0.6) is 0 Å². The van der Waals surface area contributed by atoms with Crippen LogP contribution in [0.3, 0.4) is 0 Å². The fourth-order valence-corrected chi connectivity index (χ4v) is 3.67. The van der Waals surface area contributed by atoms with E-state index in [4.69, 9.17) is 27.7 Å². The quantitative estimate of drug-likeness (QED) is 0.365. The van der Waals surface area contributed by atoms with Crippen molar-refractivity contribution in [2.24, 2.45) is 10.2 Å². The summed E-state index contributed by atoms with van der Waals surface area (Å²) < 4.78 is 28.9. The molecule has 0 amide bonds. The molecule has 0 fully saturated rings. The predicted molar refractivity (Wildman–Crippen MR) is 96.9 cm³/mol. The second-order valence-corrected chi connectivity index (χ2v) is 7.33. The zero-order chi connectivity index (χ0) is 20.2. The van der Waals surface area contributed by atoms with Gasteiger partial charge in [0.2, 0.25) is 16.0 Å². The molecule has 1 heterocycles. The summed E-state index contributed by atoms with van der Waals surface area (Å²) in [7, 11) is -4.37. The van der Waals surface area contributed by atoms with Gasteiger partial charge < -0.3 is 21.3 Å². The standard InChI is InChI=1S/C14H14ClN5O6S/c15-19-14(16)18-11-5-17-4-8-3-9(1-2-10(8)11)27(25,26)20(6-12(21)22)7-13(23)24/h1-5H,6-7H2,(H,21,22)(H,23,24)(H3,16,18,19). The third kappa shape index (κ3) is 4.81. The second-order valence-electron chi connectivity index (χ2n) is 5.23. The van der Waals surface area contributed by atoms with Gasteiger partial charge in [0.1, 0.15) is 13.1 Å². The van der Waals surface area contributed by atoms with Crippen LogP contribution in [-0.4, -0.2) is 58.9 Å². The minimum atomic E-state index is -4.37. The van der Waals surface area contributed by atoms with Crippen LogP contribution >= 0.6 is 11.8 Å². The van der Waals surface area contributed by atoms with Gasteiger partial charge in [-0.2, -0.15) is 4.31 Å². The molecule has 0 saturated carbocycles. The number of guanidine groups is 1. The monoisotopic (exact) mass is 415 g/mol. The van der Waals surface area contributed by atoms with E-state index in [0.717, 1.165) is 0 Å². The lowest BCUT2D eigenvalue weighted by molar-refractivity contribution is -0.139. The molecule has 0 aliphatic heterocycles. The highest BCUT2D eigenvalue weighted by molar-refractivity contribution is 7.89. The van der Waals surface area contributed by atoms with Crippen LogP contribution in [0.25, 0.3) is 10.8 Å². The van der Waals surface area contributed by atoms with E-state index < -0.39 is 35.1 Å². The van der Waals surface area contributed by atoms with Crippen molar-refractivity contribution in [3.05, 3.63) is 30.6 Å². The highest BCUT2D eigenvalue weighted by atomic mass is 35.5. The number of benzene rings is 1. The van der Waals surface area contributed by atoms with Gasteiger partial charge in [0.15, 0.2) is 0 Å². The Labute approximate surface area is 158 Å². The molecule has 1 aromatic carbocycles. The number of hydrogen-bond donors (Lipinski definition) is 4. The zero-order valence-electron chi connectivity index (χ0n) is 13.5. The number of carboxylic acid groups (broad SMARTS) is 2. The first-order valence-corrected chi connectivity index (χ1v) is 8.96. The molecule has 0 aliphatic rings. The average Bonchev–Trinajstić information content (AvgIpc) is 2.60. The Morgan fingerprint density at radius 1 is 1.22 bits per heavy atom. The van der Waals surface area contributed by atoms with Crippen molar-refractivity contribution >= 4 is 56.2 Å². The molecule has 1 aromatic heterocycles. The summed E-state index contributed by atoms with van der Waals surface area (Å²) in [5.74, 6) is -3.06. The molecule has 0 aliphatic carbocycles. The number of aliphatic carboxylic acids is 2. The lowest BCUT2D eigenvalue weighted by atomic mass is 10.1. The highest BCUT2D eigenvalue weighted by Crippen LogP contribution is 2.26. The SMILES string of the molecule is NC(=NCl)Nc1cncc2cc(S(=O)(=O)N(CC(=O)O)CC(=O)O)ccc12. The maximum Gasteiger partial charge on any atom is 0.318 e. The van der Waals surface area contributed by atoms with Crippen LogP contribution in [0.1, 0.15) is 0 Å². The molecule has 0 saturated heterocycles. The Balaban J connectivity index is 2.51. The number of hydrogen-bond acceptors (Lipinski definition) is 6. The first-order valence-electron chi connectivity index (χ1n) is 7.18. The number of aromatic nitrogens is 1. The zero-order valence-corrected chi connectivity index (χ0v) is 15.1. The summed E-state index contributed by atoms with van der Waals surface area (Å²) in [6, 6.07) is 3.90. The summed E-state index contributed by atoms with van der Waals surface area (Å²) in [5, 5.41) is 21.3. The summed E-state index contributed by atoms with van der Waals surface area (Å²) in [4.78, 5) is 25.5. The van der Waals surface area contributed by atoms with E-state index in [0.29, 0.717) is 20.8 Å². The minimum absolute atomic E-state index is 0.100. The van der Waals surface area contributed by atoms with Gasteiger partial charge in [0.05, 0.1) is 16.8 Å². The van der Waals surface area contributed by atoms with Gasteiger partial charge in [-0.05, 0) is 12.1 Å². The van der Waals surface area contributed by atoms with Crippen LogP contribution in [0.4, 0.5) is 5.69 Å². The highest BCUT2D eigenvalue weighted by Gasteiger charge is 2.29. The number of carboxylic acids is 2. The van der Waals surface area contributed by atoms with Gasteiger partial charge >= 0.3 is 11.9 Å². The molecular formula is C14H14ClN5O6S. The first kappa shape index (κ1) is 20.4. The lowest BCUT2D eigenvalue weighted by Crippen LogP contribution is -2.39. The van der Waals surface area contributed by atoms with Crippen molar-refractivity contribution in [1.82, 2.24) is 9.29 Å². The van der Waals surface area contributed by atoms with Crippen molar-refractivity contribution < 1.29 is 28.2 Å². The predicted octanol–water partition coefficient (Wildman–Crippen LogP) is 0.275. The fourth-order valence-electron chi connectivity index (χ4n) is 2.25. The Hall–Kier alpha value is -2.96. The Bertz CT molecular complexity index is 1010. The Morgan fingerprint density at radius 3 is 2.41 bits per heavy atom. The Morgan fingerprint density at radius 2 is 1.85 bits per heavy atom. The molecule has 11 nitrogen and oxygen atoms in total. The van der Waals surface area contributed by atoms with E-state index in [9.17, 15) is 18.0 Å². The maximum atomic E-state index is 12.7. The smallest absolute Gasteiger partial charge is 0.318 e. The number of rotatable bonds is 7. The number of anilines is 1. The molecule has 13 heteroatoms. The van der Waals surface area contributed by atoms with Gasteiger partial charge in [0.25, 0.3) is 0 Å². The summed E-state index contributed by atoms with van der Waals surface area (Å²) in [5.41, 5.74) is 5.90. The van der Waals surface area contributed by atoms with Crippen molar-refractivity contribution in [1.29, 1.82) is 0 Å². The van der Waals surface area contributed by atoms with Gasteiger partial charge in [-0.15, -0.1) is 4.51 Å². The third-order valence-corrected chi connectivity index (χ3v) is 5.32. The minimum Gasteiger partial charge on any atom is -0.480 e. The molecule has 5 N–H and O–H groups in total. The summed E-state index contributed by atoms with van der Waals surface area (Å²) in [6.07, 6.45) is 2.80. The van der Waals surface area contributed by atoms with Crippen molar-refractivity contribution in [3.8, 4) is 0 Å². The fraction of sp³-hybridized carbons (Fsp3) is 0.143. The van der Waals surface area contributed by atoms with Crippen LogP contribution < -0.4 is 11.1 Å². The van der Waals surface area contributed by atoms with Crippen molar-refractivity contribution in [3.63, 3.8) is 0 Å². The topological polar surface area (TPSA) is 175 Å². The molecule has 0 spiro atoms. The second kappa shape index (κ2) is 8.16. The number of carbonyl (C=O) groups is 2. The van der Waals surface area contributed by atoms with E-state index in [1.165, 1.54) is 30.6 Å². The molecule has 27 heavy (non-hydrogen) atoms. The van der Waals surface area contributed by atoms with E-state index in [2.05, 4.69) is 14.8 Å². The van der Waals surface area contributed by atoms with Gasteiger partial charge in [-0.25, -0.2) is 8.42 Å². The normalized spacial score (nSPS) is 12.3. The average molecular weight is 416 g/mol.